The van der Waals surface area contributed by atoms with Crippen LogP contribution in [0.3, 0.4) is 0 Å². The molecule has 1 heterocycles. The van der Waals surface area contributed by atoms with Gasteiger partial charge >= 0.3 is 11.8 Å². The van der Waals surface area contributed by atoms with Gasteiger partial charge in [-0.2, -0.15) is 5.10 Å². The average Bonchev–Trinajstić information content (AvgIpc) is 2.63. The summed E-state index contributed by atoms with van der Waals surface area (Å²) in [7, 11) is 0. The van der Waals surface area contributed by atoms with Crippen LogP contribution >= 0.6 is 0 Å². The first-order chi connectivity index (χ1) is 12.5. The van der Waals surface area contributed by atoms with Crippen molar-refractivity contribution in [1.29, 1.82) is 0 Å². The number of amides is 2. The van der Waals surface area contributed by atoms with Crippen LogP contribution < -0.4 is 10.7 Å². The molecule has 11 heteroatoms. The van der Waals surface area contributed by atoms with Crippen LogP contribution in [0.1, 0.15) is 5.56 Å². The zero-order chi connectivity index (χ0) is 18.9. The van der Waals surface area contributed by atoms with E-state index in [-0.39, 0.29) is 17.0 Å². The molecule has 0 spiro atoms. The number of nitro benzene ring substituents is 1. The van der Waals surface area contributed by atoms with Crippen molar-refractivity contribution in [2.75, 3.05) is 39.4 Å². The van der Waals surface area contributed by atoms with E-state index < -0.39 is 16.7 Å². The summed E-state index contributed by atoms with van der Waals surface area (Å²) in [6.07, 6.45) is 1.02. The SMILES string of the molecule is O=C(NCCN1CCOCC1)C(=O)NN=Cc1cc([N+](=O)[O-])ccc1O. The molecule has 1 fully saturated rings. The third kappa shape index (κ3) is 5.79. The van der Waals surface area contributed by atoms with Gasteiger partial charge in [-0.25, -0.2) is 5.43 Å². The van der Waals surface area contributed by atoms with Gasteiger partial charge in [0.2, 0.25) is 0 Å². The lowest BCUT2D eigenvalue weighted by Crippen LogP contribution is -2.44. The molecule has 1 aliphatic heterocycles. The van der Waals surface area contributed by atoms with Crippen molar-refractivity contribution in [3.8, 4) is 5.75 Å². The summed E-state index contributed by atoms with van der Waals surface area (Å²) >= 11 is 0. The van der Waals surface area contributed by atoms with E-state index in [1.165, 1.54) is 0 Å². The Kier molecular flexibility index (Phi) is 7.00. The third-order valence-electron chi connectivity index (χ3n) is 3.62. The predicted octanol–water partition coefficient (Wildman–Crippen LogP) is -0.801. The second kappa shape index (κ2) is 9.44. The van der Waals surface area contributed by atoms with Crippen LogP contribution in [0.15, 0.2) is 23.3 Å². The van der Waals surface area contributed by atoms with Crippen molar-refractivity contribution in [2.45, 2.75) is 0 Å². The van der Waals surface area contributed by atoms with Gasteiger partial charge < -0.3 is 15.2 Å². The van der Waals surface area contributed by atoms with Crippen molar-refractivity contribution >= 4 is 23.7 Å². The minimum Gasteiger partial charge on any atom is -0.507 e. The number of carbonyl (C=O) groups is 2. The van der Waals surface area contributed by atoms with Crippen LogP contribution in [0.25, 0.3) is 0 Å². The second-order valence-corrected chi connectivity index (χ2v) is 5.41. The van der Waals surface area contributed by atoms with Crippen LogP contribution in [0.2, 0.25) is 0 Å². The fourth-order valence-corrected chi connectivity index (χ4v) is 2.20. The quantitative estimate of drug-likeness (QED) is 0.259. The highest BCUT2D eigenvalue weighted by atomic mass is 16.6. The Hall–Kier alpha value is -3.05. The van der Waals surface area contributed by atoms with Crippen LogP contribution in [0.5, 0.6) is 5.75 Å². The van der Waals surface area contributed by atoms with Gasteiger partial charge in [0.25, 0.3) is 5.69 Å². The number of ether oxygens (including phenoxy) is 1. The van der Waals surface area contributed by atoms with E-state index in [4.69, 9.17) is 4.74 Å². The summed E-state index contributed by atoms with van der Waals surface area (Å²) in [6, 6.07) is 3.36. The summed E-state index contributed by atoms with van der Waals surface area (Å²) < 4.78 is 5.21. The molecule has 0 bridgehead atoms. The summed E-state index contributed by atoms with van der Waals surface area (Å²) in [5.41, 5.74) is 1.79. The molecule has 26 heavy (non-hydrogen) atoms. The Morgan fingerprint density at radius 2 is 2.08 bits per heavy atom. The molecule has 2 rings (SSSR count). The molecule has 0 unspecified atom stereocenters. The molecule has 1 saturated heterocycles. The molecule has 0 atom stereocenters. The number of aromatic hydroxyl groups is 1. The Labute approximate surface area is 148 Å². The first kappa shape index (κ1) is 19.3. The Balaban J connectivity index is 1.78. The summed E-state index contributed by atoms with van der Waals surface area (Å²) in [5.74, 6) is -2.07. The predicted molar refractivity (Wildman–Crippen MR) is 90.8 cm³/mol. The standard InChI is InChI=1S/C15H19N5O6/c21-13-2-1-12(20(24)25)9-11(13)10-17-18-15(23)14(22)16-3-4-19-5-7-26-8-6-19/h1-2,9-10,21H,3-8H2,(H,16,22)(H,18,23). The topological polar surface area (TPSA) is 146 Å². The molecule has 0 saturated carbocycles. The van der Waals surface area contributed by atoms with Gasteiger partial charge in [-0.3, -0.25) is 24.6 Å². The van der Waals surface area contributed by atoms with E-state index in [2.05, 4.69) is 15.3 Å². The molecule has 0 radical (unpaired) electrons. The number of benzene rings is 1. The monoisotopic (exact) mass is 365 g/mol. The van der Waals surface area contributed by atoms with E-state index in [1.54, 1.807) is 0 Å². The molecule has 11 nitrogen and oxygen atoms in total. The minimum atomic E-state index is -0.979. The zero-order valence-corrected chi connectivity index (χ0v) is 13.9. The molecule has 1 aliphatic rings. The molecular weight excluding hydrogens is 346 g/mol. The van der Waals surface area contributed by atoms with Gasteiger partial charge in [0.1, 0.15) is 5.75 Å². The Morgan fingerprint density at radius 1 is 1.35 bits per heavy atom. The molecule has 2 amide bonds. The molecule has 1 aromatic rings. The minimum absolute atomic E-state index is 0.0345. The van der Waals surface area contributed by atoms with Crippen molar-refractivity contribution in [1.82, 2.24) is 15.6 Å². The summed E-state index contributed by atoms with van der Waals surface area (Å²) in [5, 5.41) is 26.3. The van der Waals surface area contributed by atoms with E-state index in [0.29, 0.717) is 26.3 Å². The number of nitrogens with one attached hydrogen (secondary N) is 2. The smallest absolute Gasteiger partial charge is 0.329 e. The van der Waals surface area contributed by atoms with Crippen LogP contribution in [0.4, 0.5) is 5.69 Å². The summed E-state index contributed by atoms with van der Waals surface area (Å²) in [4.78, 5) is 35.5. The molecule has 0 aromatic heterocycles. The number of nitrogens with zero attached hydrogens (tertiary/aromatic N) is 3. The van der Waals surface area contributed by atoms with Gasteiger partial charge in [0.05, 0.1) is 24.4 Å². The molecular formula is C15H19N5O6. The van der Waals surface area contributed by atoms with Gasteiger partial charge in [-0.05, 0) is 6.07 Å². The van der Waals surface area contributed by atoms with Crippen LogP contribution in [-0.4, -0.2) is 72.4 Å². The fraction of sp³-hybridized carbons (Fsp3) is 0.400. The van der Waals surface area contributed by atoms with E-state index >= 15 is 0 Å². The molecule has 140 valence electrons. The first-order valence-corrected chi connectivity index (χ1v) is 7.86. The van der Waals surface area contributed by atoms with Gasteiger partial charge in [0, 0.05) is 43.9 Å². The van der Waals surface area contributed by atoms with Gasteiger partial charge in [-0.15, -0.1) is 0 Å². The number of hydrogen-bond acceptors (Lipinski definition) is 8. The van der Waals surface area contributed by atoms with Crippen molar-refractivity contribution in [3.63, 3.8) is 0 Å². The fourth-order valence-electron chi connectivity index (χ4n) is 2.20. The van der Waals surface area contributed by atoms with E-state index in [9.17, 15) is 24.8 Å². The molecule has 3 N–H and O–H groups in total. The van der Waals surface area contributed by atoms with Crippen LogP contribution in [-0.2, 0) is 14.3 Å². The van der Waals surface area contributed by atoms with E-state index in [0.717, 1.165) is 37.5 Å². The Morgan fingerprint density at radius 3 is 2.77 bits per heavy atom. The number of non-ortho nitro benzene ring substituents is 1. The number of phenols is 1. The maximum Gasteiger partial charge on any atom is 0.329 e. The number of hydrazone groups is 1. The maximum absolute atomic E-state index is 11.7. The van der Waals surface area contributed by atoms with Crippen LogP contribution in [0, 0.1) is 10.1 Å². The largest absolute Gasteiger partial charge is 0.507 e. The highest BCUT2D eigenvalue weighted by Gasteiger charge is 2.14. The molecule has 1 aromatic carbocycles. The van der Waals surface area contributed by atoms with Gasteiger partial charge in [-0.1, -0.05) is 0 Å². The first-order valence-electron chi connectivity index (χ1n) is 7.86. The highest BCUT2D eigenvalue weighted by Crippen LogP contribution is 2.21. The lowest BCUT2D eigenvalue weighted by atomic mass is 10.2. The third-order valence-corrected chi connectivity index (χ3v) is 3.62. The number of phenolic OH excluding ortho intramolecular Hbond substituents is 1. The highest BCUT2D eigenvalue weighted by molar-refractivity contribution is 6.35. The second-order valence-electron chi connectivity index (χ2n) is 5.41. The number of nitro groups is 1. The van der Waals surface area contributed by atoms with Crippen molar-refractivity contribution < 1.29 is 24.4 Å². The zero-order valence-electron chi connectivity index (χ0n) is 13.9. The van der Waals surface area contributed by atoms with Crippen molar-refractivity contribution in [2.24, 2.45) is 5.10 Å². The normalized spacial score (nSPS) is 14.9. The van der Waals surface area contributed by atoms with E-state index in [1.807, 2.05) is 5.43 Å². The average molecular weight is 365 g/mol. The molecule has 0 aliphatic carbocycles. The number of carbonyl (C=O) groups excluding carboxylic acids is 2. The maximum atomic E-state index is 11.7. The lowest BCUT2D eigenvalue weighted by Gasteiger charge is -2.26. The number of morpholine rings is 1. The Bertz CT molecular complexity index is 702. The van der Waals surface area contributed by atoms with Crippen molar-refractivity contribution in [3.05, 3.63) is 33.9 Å². The number of hydrogen-bond donors (Lipinski definition) is 3. The van der Waals surface area contributed by atoms with Gasteiger partial charge in [0.15, 0.2) is 0 Å². The number of rotatable bonds is 6. The summed E-state index contributed by atoms with van der Waals surface area (Å²) in [6.45, 7) is 3.76. The lowest BCUT2D eigenvalue weighted by molar-refractivity contribution is -0.384.